The predicted molar refractivity (Wildman–Crippen MR) is 108 cm³/mol. The number of benzene rings is 1. The lowest BCUT2D eigenvalue weighted by Crippen LogP contribution is -2.49. The molecule has 28 heavy (non-hydrogen) atoms. The summed E-state index contributed by atoms with van der Waals surface area (Å²) >= 11 is 0. The van der Waals surface area contributed by atoms with E-state index < -0.39 is 6.03 Å². The number of anilines is 1. The molecule has 1 aromatic carbocycles. The molecular formula is C21H26N4O3. The first-order valence-electron chi connectivity index (χ1n) is 9.78. The molecule has 2 N–H and O–H groups in total. The molecule has 1 aliphatic heterocycles. The highest BCUT2D eigenvalue weighted by atomic mass is 16.3. The second-order valence-corrected chi connectivity index (χ2v) is 6.98. The van der Waals surface area contributed by atoms with Crippen LogP contribution in [0, 0.1) is 11.8 Å². The van der Waals surface area contributed by atoms with Crippen LogP contribution < -0.4 is 10.2 Å². The Bertz CT molecular complexity index is 923. The minimum Gasteiger partial charge on any atom is -0.396 e. The largest absolute Gasteiger partial charge is 0.396 e. The van der Waals surface area contributed by atoms with Crippen LogP contribution in [0.5, 0.6) is 0 Å². The van der Waals surface area contributed by atoms with Gasteiger partial charge in [0, 0.05) is 44.0 Å². The molecule has 0 unspecified atom stereocenters. The monoisotopic (exact) mass is 382 g/mol. The molecule has 0 saturated carbocycles. The van der Waals surface area contributed by atoms with Crippen molar-refractivity contribution >= 4 is 28.7 Å². The standard InChI is InChI=1S/C21H26N4O3/c1-24-18-15-16(9-7-5-3-2-4-6-8-14-26)10-11-17(18)20(23-24)25-13-12-19(27)22-21(25)28/h10-11,15,26H,2-6,8,12-14H2,1H3,(H,22,27,28). The molecule has 0 atom stereocenters. The number of unbranched alkanes of at least 4 members (excludes halogenated alkanes) is 5. The Balaban J connectivity index is 1.66. The lowest BCUT2D eigenvalue weighted by atomic mass is 10.1. The fourth-order valence-electron chi connectivity index (χ4n) is 3.30. The highest BCUT2D eigenvalue weighted by Gasteiger charge is 2.27. The first-order chi connectivity index (χ1) is 13.6. The van der Waals surface area contributed by atoms with Gasteiger partial charge in [0.25, 0.3) is 0 Å². The highest BCUT2D eigenvalue weighted by molar-refractivity contribution is 6.08. The van der Waals surface area contributed by atoms with Crippen LogP contribution in [0.4, 0.5) is 10.6 Å². The number of nitrogens with zero attached hydrogens (tertiary/aromatic N) is 3. The van der Waals surface area contributed by atoms with Crippen molar-refractivity contribution in [1.82, 2.24) is 15.1 Å². The van der Waals surface area contributed by atoms with Crippen LogP contribution in [0.3, 0.4) is 0 Å². The van der Waals surface area contributed by atoms with E-state index in [4.69, 9.17) is 5.11 Å². The second kappa shape index (κ2) is 9.38. The number of aromatic nitrogens is 2. The lowest BCUT2D eigenvalue weighted by molar-refractivity contribution is -0.120. The fourth-order valence-corrected chi connectivity index (χ4v) is 3.30. The van der Waals surface area contributed by atoms with Gasteiger partial charge in [0.05, 0.1) is 5.52 Å². The summed E-state index contributed by atoms with van der Waals surface area (Å²) in [5.41, 5.74) is 1.82. The van der Waals surface area contributed by atoms with E-state index in [0.717, 1.165) is 55.0 Å². The number of carbonyl (C=O) groups excluding carboxylic acids is 2. The molecule has 0 spiro atoms. The average Bonchev–Trinajstić information content (AvgIpc) is 3.00. The Morgan fingerprint density at radius 3 is 2.75 bits per heavy atom. The molecule has 2 heterocycles. The maximum Gasteiger partial charge on any atom is 0.329 e. The molecule has 1 fully saturated rings. The van der Waals surface area contributed by atoms with Crippen LogP contribution in [0.2, 0.25) is 0 Å². The van der Waals surface area contributed by atoms with Gasteiger partial charge in [0.15, 0.2) is 5.82 Å². The molecule has 1 aromatic heterocycles. The predicted octanol–water partition coefficient (Wildman–Crippen LogP) is 2.70. The molecule has 7 heteroatoms. The zero-order valence-electron chi connectivity index (χ0n) is 16.2. The van der Waals surface area contributed by atoms with Gasteiger partial charge in [-0.2, -0.15) is 5.10 Å². The van der Waals surface area contributed by atoms with Crippen LogP contribution in [0.1, 0.15) is 50.5 Å². The first kappa shape index (κ1) is 19.9. The van der Waals surface area contributed by atoms with Gasteiger partial charge < -0.3 is 5.11 Å². The van der Waals surface area contributed by atoms with Crippen LogP contribution >= 0.6 is 0 Å². The number of rotatable bonds is 7. The zero-order chi connectivity index (χ0) is 19.9. The number of aliphatic hydroxyl groups excluding tert-OH is 1. The molecule has 1 aliphatic rings. The van der Waals surface area contributed by atoms with Crippen molar-refractivity contribution in [3.05, 3.63) is 23.8 Å². The van der Waals surface area contributed by atoms with Gasteiger partial charge in [-0.15, -0.1) is 0 Å². The van der Waals surface area contributed by atoms with Crippen LogP contribution in [0.15, 0.2) is 18.2 Å². The topological polar surface area (TPSA) is 87.5 Å². The van der Waals surface area contributed by atoms with Crippen molar-refractivity contribution in [2.45, 2.75) is 44.9 Å². The number of urea groups is 1. The summed E-state index contributed by atoms with van der Waals surface area (Å²) in [4.78, 5) is 25.0. The number of aryl methyl sites for hydroxylation is 1. The maximum atomic E-state index is 12.1. The van der Waals surface area contributed by atoms with Crippen molar-refractivity contribution in [2.24, 2.45) is 7.05 Å². The molecule has 3 amide bonds. The van der Waals surface area contributed by atoms with Gasteiger partial charge in [-0.25, -0.2) is 4.79 Å². The fraction of sp³-hybridized carbons (Fsp3) is 0.476. The smallest absolute Gasteiger partial charge is 0.329 e. The van der Waals surface area contributed by atoms with E-state index in [1.165, 1.54) is 4.90 Å². The summed E-state index contributed by atoms with van der Waals surface area (Å²) in [5.74, 6) is 6.72. The van der Waals surface area contributed by atoms with Gasteiger partial charge in [0.2, 0.25) is 5.91 Å². The second-order valence-electron chi connectivity index (χ2n) is 6.98. The van der Waals surface area contributed by atoms with E-state index in [1.807, 2.05) is 25.2 Å². The molecule has 0 radical (unpaired) electrons. The Kier molecular flexibility index (Phi) is 6.66. The Morgan fingerprint density at radius 2 is 1.96 bits per heavy atom. The van der Waals surface area contributed by atoms with E-state index in [1.54, 1.807) is 4.68 Å². The van der Waals surface area contributed by atoms with E-state index in [9.17, 15) is 9.59 Å². The number of hydrogen-bond donors (Lipinski definition) is 2. The van der Waals surface area contributed by atoms with Crippen LogP contribution in [0.25, 0.3) is 10.9 Å². The molecule has 7 nitrogen and oxygen atoms in total. The first-order valence-corrected chi connectivity index (χ1v) is 9.78. The number of amides is 3. The summed E-state index contributed by atoms with van der Waals surface area (Å²) in [6.07, 6.45) is 6.43. The maximum absolute atomic E-state index is 12.1. The Labute approximate surface area is 164 Å². The van der Waals surface area contributed by atoms with Gasteiger partial charge in [-0.1, -0.05) is 31.1 Å². The lowest BCUT2D eigenvalue weighted by Gasteiger charge is -2.24. The number of carbonyl (C=O) groups is 2. The molecule has 2 aromatic rings. The van der Waals surface area contributed by atoms with Crippen molar-refractivity contribution in [1.29, 1.82) is 0 Å². The van der Waals surface area contributed by atoms with Crippen molar-refractivity contribution in [2.75, 3.05) is 18.1 Å². The number of nitrogens with one attached hydrogen (secondary N) is 1. The number of hydrogen-bond acceptors (Lipinski definition) is 4. The molecular weight excluding hydrogens is 356 g/mol. The Morgan fingerprint density at radius 1 is 1.18 bits per heavy atom. The summed E-state index contributed by atoms with van der Waals surface area (Å²) in [7, 11) is 1.84. The third-order valence-corrected chi connectivity index (χ3v) is 4.83. The Hall–Kier alpha value is -2.85. The number of fused-ring (bicyclic) bond motifs is 1. The van der Waals surface area contributed by atoms with Crippen LogP contribution in [-0.4, -0.2) is 40.0 Å². The summed E-state index contributed by atoms with van der Waals surface area (Å²) in [6.45, 7) is 0.606. The molecule has 148 valence electrons. The van der Waals surface area contributed by atoms with Crippen molar-refractivity contribution < 1.29 is 14.7 Å². The number of imide groups is 1. The van der Waals surface area contributed by atoms with Gasteiger partial charge >= 0.3 is 6.03 Å². The third-order valence-electron chi connectivity index (χ3n) is 4.83. The minimum atomic E-state index is -0.431. The van der Waals surface area contributed by atoms with Gasteiger partial charge in [-0.05, 0) is 31.0 Å². The highest BCUT2D eigenvalue weighted by Crippen LogP contribution is 2.27. The quantitative estimate of drug-likeness (QED) is 0.569. The van der Waals surface area contributed by atoms with Gasteiger partial charge in [0.1, 0.15) is 0 Å². The van der Waals surface area contributed by atoms with Crippen molar-refractivity contribution in [3.8, 4) is 11.8 Å². The average molecular weight is 382 g/mol. The molecule has 3 rings (SSSR count). The SMILES string of the molecule is Cn1nc(N2CCC(=O)NC2=O)c2ccc(C#CCCCCCCCO)cc21. The molecule has 0 aliphatic carbocycles. The summed E-state index contributed by atoms with van der Waals surface area (Å²) in [5, 5.41) is 16.4. The van der Waals surface area contributed by atoms with Crippen LogP contribution in [-0.2, 0) is 11.8 Å². The van der Waals surface area contributed by atoms with Crippen molar-refractivity contribution in [3.63, 3.8) is 0 Å². The third kappa shape index (κ3) is 4.70. The van der Waals surface area contributed by atoms with E-state index in [2.05, 4.69) is 22.3 Å². The van der Waals surface area contributed by atoms with E-state index >= 15 is 0 Å². The molecule has 1 saturated heterocycles. The molecule has 0 bridgehead atoms. The van der Waals surface area contributed by atoms with Gasteiger partial charge in [-0.3, -0.25) is 19.7 Å². The number of aliphatic hydroxyl groups is 1. The summed E-state index contributed by atoms with van der Waals surface area (Å²) < 4.78 is 1.74. The minimum absolute atomic E-state index is 0.257. The normalized spacial score (nSPS) is 14.1. The summed E-state index contributed by atoms with van der Waals surface area (Å²) in [6, 6.07) is 5.42. The van der Waals surface area contributed by atoms with E-state index in [-0.39, 0.29) is 18.9 Å². The zero-order valence-corrected chi connectivity index (χ0v) is 16.2. The van der Waals surface area contributed by atoms with E-state index in [0.29, 0.717) is 12.4 Å².